The van der Waals surface area contributed by atoms with E-state index in [9.17, 15) is 8.76 Å². The van der Waals surface area contributed by atoms with Crippen LogP contribution in [-0.2, 0) is 11.1 Å². The van der Waals surface area contributed by atoms with Crippen LogP contribution in [0.4, 0.5) is 5.69 Å². The molecule has 0 heterocycles. The molecular weight excluding hydrogens is 182 g/mol. The molecule has 0 aliphatic carbocycles. The van der Waals surface area contributed by atoms with E-state index >= 15 is 0 Å². The lowest BCUT2D eigenvalue weighted by atomic mass is 10.3. The van der Waals surface area contributed by atoms with Gasteiger partial charge >= 0.3 is 0 Å². The molecule has 0 aromatic heterocycles. The molecule has 0 aliphatic rings. The fourth-order valence-corrected chi connectivity index (χ4v) is 1.05. The molecule has 1 aromatic carbocycles. The normalized spacial score (nSPS) is 12.6. The van der Waals surface area contributed by atoms with Crippen molar-refractivity contribution in [3.63, 3.8) is 0 Å². The van der Waals surface area contributed by atoms with E-state index in [0.717, 1.165) is 0 Å². The highest BCUT2D eigenvalue weighted by molar-refractivity contribution is 7.79. The number of anilines is 1. The number of hydrogen-bond donors (Lipinski definition) is 2. The molecule has 12 heavy (non-hydrogen) atoms. The van der Waals surface area contributed by atoms with Crippen molar-refractivity contribution in [1.82, 2.24) is 0 Å². The van der Waals surface area contributed by atoms with Crippen LogP contribution < -0.4 is 5.23 Å². The number of nitrogens with zero attached hydrogens (tertiary/aromatic N) is 1. The summed E-state index contributed by atoms with van der Waals surface area (Å²) in [5.74, 6) is 0. The number of hydrogen-bond acceptors (Lipinski definition) is 5. The van der Waals surface area contributed by atoms with Gasteiger partial charge < -0.3 is 4.55 Å². The van der Waals surface area contributed by atoms with Crippen LogP contribution in [0.1, 0.15) is 0 Å². The van der Waals surface area contributed by atoms with E-state index in [4.69, 9.17) is 10.4 Å². The Bertz CT molecular complexity index is 284. The second kappa shape index (κ2) is 3.63. The molecule has 1 unspecified atom stereocenters. The zero-order valence-electron chi connectivity index (χ0n) is 5.88. The highest BCUT2D eigenvalue weighted by Crippen LogP contribution is 2.13. The summed E-state index contributed by atoms with van der Waals surface area (Å²) in [7, 11) is 0. The molecule has 1 rings (SSSR count). The van der Waals surface area contributed by atoms with Gasteiger partial charge in [-0.2, -0.15) is 0 Å². The third-order valence-electron chi connectivity index (χ3n) is 1.26. The minimum atomic E-state index is -2.28. The first kappa shape index (κ1) is 9.14. The average molecular weight is 188 g/mol. The first-order valence-corrected chi connectivity index (χ1v) is 4.06. The minimum Gasteiger partial charge on any atom is -0.768 e. The van der Waals surface area contributed by atoms with Crippen molar-refractivity contribution < 1.29 is 19.2 Å². The van der Waals surface area contributed by atoms with Gasteiger partial charge in [-0.15, -0.1) is 5.23 Å². The first-order chi connectivity index (χ1) is 5.61. The van der Waals surface area contributed by atoms with Gasteiger partial charge in [0.25, 0.3) is 0 Å². The molecule has 0 aliphatic heterocycles. The van der Waals surface area contributed by atoms with Gasteiger partial charge in [-0.05, 0) is 35.3 Å². The minimum absolute atomic E-state index is 0.0858. The van der Waals surface area contributed by atoms with Crippen molar-refractivity contribution in [2.24, 2.45) is 0 Å². The standard InChI is InChI=1S/C6H7NO4S/c8-7(9)5-1-3-6(4-2-5)12(10)11/h1-4,8-9H,(H,10,11)/p-1. The van der Waals surface area contributed by atoms with Crippen molar-refractivity contribution >= 4 is 16.8 Å². The highest BCUT2D eigenvalue weighted by Gasteiger charge is 1.97. The predicted molar refractivity (Wildman–Crippen MR) is 39.7 cm³/mol. The van der Waals surface area contributed by atoms with Gasteiger partial charge in [-0.1, -0.05) is 0 Å². The molecule has 2 N–H and O–H groups in total. The Kier molecular flexibility index (Phi) is 2.77. The van der Waals surface area contributed by atoms with Gasteiger partial charge in [0.05, 0.1) is 5.69 Å². The van der Waals surface area contributed by atoms with Gasteiger partial charge in [-0.3, -0.25) is 14.6 Å². The Balaban J connectivity index is 2.93. The summed E-state index contributed by atoms with van der Waals surface area (Å²) < 4.78 is 20.7. The van der Waals surface area contributed by atoms with E-state index in [2.05, 4.69) is 0 Å². The summed E-state index contributed by atoms with van der Waals surface area (Å²) in [4.78, 5) is 0.0978. The van der Waals surface area contributed by atoms with Crippen LogP contribution in [0.5, 0.6) is 0 Å². The molecular formula is C6H6NO4S-. The lowest BCUT2D eigenvalue weighted by Gasteiger charge is -2.09. The highest BCUT2D eigenvalue weighted by atomic mass is 32.2. The summed E-state index contributed by atoms with van der Waals surface area (Å²) in [6.45, 7) is 0. The molecule has 0 saturated carbocycles. The van der Waals surface area contributed by atoms with Crippen molar-refractivity contribution in [1.29, 1.82) is 0 Å². The second-order valence-electron chi connectivity index (χ2n) is 2.02. The van der Waals surface area contributed by atoms with Crippen molar-refractivity contribution in [3.8, 4) is 0 Å². The topological polar surface area (TPSA) is 83.8 Å². The van der Waals surface area contributed by atoms with Crippen LogP contribution in [0.15, 0.2) is 29.2 Å². The Morgan fingerprint density at radius 3 is 2.08 bits per heavy atom. The second-order valence-corrected chi connectivity index (χ2v) is 2.96. The van der Waals surface area contributed by atoms with E-state index < -0.39 is 11.1 Å². The predicted octanol–water partition coefficient (Wildman–Crippen LogP) is 0.509. The molecule has 0 fully saturated rings. The molecule has 5 nitrogen and oxygen atoms in total. The molecule has 0 saturated heterocycles. The Morgan fingerprint density at radius 2 is 1.75 bits per heavy atom. The van der Waals surface area contributed by atoms with E-state index in [1.165, 1.54) is 24.3 Å². The molecule has 1 atom stereocenters. The monoisotopic (exact) mass is 188 g/mol. The average Bonchev–Trinajstić information content (AvgIpc) is 2.04. The maximum absolute atomic E-state index is 10.3. The third kappa shape index (κ3) is 2.02. The summed E-state index contributed by atoms with van der Waals surface area (Å²) in [6, 6.07) is 5.06. The maximum Gasteiger partial charge on any atom is 0.0943 e. The zero-order valence-corrected chi connectivity index (χ0v) is 6.69. The molecule has 0 radical (unpaired) electrons. The van der Waals surface area contributed by atoms with Crippen LogP contribution >= 0.6 is 0 Å². The van der Waals surface area contributed by atoms with Crippen LogP contribution in [0.25, 0.3) is 0 Å². The molecule has 0 spiro atoms. The lowest BCUT2D eigenvalue weighted by Crippen LogP contribution is -2.10. The van der Waals surface area contributed by atoms with Gasteiger partial charge in [-0.25, -0.2) is 0 Å². The molecule has 1 aromatic rings. The molecule has 0 bridgehead atoms. The Hall–Kier alpha value is -0.950. The third-order valence-corrected chi connectivity index (χ3v) is 1.92. The summed E-state index contributed by atoms with van der Waals surface area (Å²) >= 11 is -2.28. The van der Waals surface area contributed by atoms with E-state index in [-0.39, 0.29) is 15.8 Å². The maximum atomic E-state index is 10.3. The van der Waals surface area contributed by atoms with Gasteiger partial charge in [0, 0.05) is 4.90 Å². The van der Waals surface area contributed by atoms with Crippen LogP contribution in [0, 0.1) is 0 Å². The number of benzene rings is 1. The van der Waals surface area contributed by atoms with Crippen LogP contribution in [-0.4, -0.2) is 19.2 Å². The summed E-state index contributed by atoms with van der Waals surface area (Å²) in [5.41, 5.74) is 0.101. The van der Waals surface area contributed by atoms with Crippen molar-refractivity contribution in [3.05, 3.63) is 24.3 Å². The molecule has 0 amide bonds. The summed E-state index contributed by atoms with van der Waals surface area (Å²) in [5, 5.41) is 16.9. The number of rotatable bonds is 2. The van der Waals surface area contributed by atoms with Crippen LogP contribution in [0.2, 0.25) is 0 Å². The van der Waals surface area contributed by atoms with Gasteiger partial charge in [0.2, 0.25) is 0 Å². The van der Waals surface area contributed by atoms with E-state index in [1.807, 2.05) is 0 Å². The molecule has 66 valence electrons. The fourth-order valence-electron chi connectivity index (χ4n) is 0.691. The zero-order chi connectivity index (χ0) is 9.14. The van der Waals surface area contributed by atoms with E-state index in [1.54, 1.807) is 0 Å². The van der Waals surface area contributed by atoms with Crippen molar-refractivity contribution in [2.45, 2.75) is 4.90 Å². The summed E-state index contributed by atoms with van der Waals surface area (Å²) in [6.07, 6.45) is 0. The van der Waals surface area contributed by atoms with E-state index in [0.29, 0.717) is 0 Å². The largest absolute Gasteiger partial charge is 0.768 e. The fraction of sp³-hybridized carbons (Fsp3) is 0. The smallest absolute Gasteiger partial charge is 0.0943 e. The Labute approximate surface area is 71.1 Å². The van der Waals surface area contributed by atoms with Crippen LogP contribution in [0.3, 0.4) is 0 Å². The quantitative estimate of drug-likeness (QED) is 0.521. The van der Waals surface area contributed by atoms with Gasteiger partial charge in [0.1, 0.15) is 0 Å². The van der Waals surface area contributed by atoms with Gasteiger partial charge in [0.15, 0.2) is 0 Å². The lowest BCUT2D eigenvalue weighted by molar-refractivity contribution is 0.0291. The Morgan fingerprint density at radius 1 is 1.25 bits per heavy atom. The molecule has 6 heteroatoms. The van der Waals surface area contributed by atoms with Crippen molar-refractivity contribution in [2.75, 3.05) is 5.23 Å². The SMILES string of the molecule is O=S([O-])c1ccc(N(O)O)cc1. The first-order valence-electron chi connectivity index (χ1n) is 2.98.